The second-order valence-electron chi connectivity index (χ2n) is 7.67. The molecule has 5 heterocycles. The lowest BCUT2D eigenvalue weighted by molar-refractivity contribution is -0.118. The molecule has 2 aliphatic heterocycles. The number of anilines is 2. The van der Waals surface area contributed by atoms with Gasteiger partial charge in [-0.1, -0.05) is 0 Å². The summed E-state index contributed by atoms with van der Waals surface area (Å²) >= 11 is 0. The molecule has 0 radical (unpaired) electrons. The molecule has 1 atom stereocenters. The molecule has 1 saturated heterocycles. The van der Waals surface area contributed by atoms with Crippen LogP contribution in [-0.4, -0.2) is 70.5 Å². The maximum absolute atomic E-state index is 12.3. The Hall–Kier alpha value is -4.26. The minimum absolute atomic E-state index is 0.0651. The van der Waals surface area contributed by atoms with Crippen LogP contribution in [0.3, 0.4) is 0 Å². The zero-order chi connectivity index (χ0) is 23.7. The van der Waals surface area contributed by atoms with Crippen LogP contribution in [0.15, 0.2) is 35.3 Å². The van der Waals surface area contributed by atoms with E-state index in [1.54, 1.807) is 25.2 Å². The SMILES string of the molecule is Cn1c(=O)ccc2ncc(OCCNC[C@@H]3CN(c4ccc5c(n4)NC(=O)CO5)C(=O)O3)nc21. The Labute approximate surface area is 192 Å². The van der Waals surface area contributed by atoms with E-state index in [0.717, 1.165) is 0 Å². The predicted molar refractivity (Wildman–Crippen MR) is 119 cm³/mol. The van der Waals surface area contributed by atoms with Gasteiger partial charge in [0.05, 0.1) is 12.7 Å². The number of pyridine rings is 2. The molecule has 176 valence electrons. The molecule has 13 heteroatoms. The Bertz CT molecular complexity index is 1330. The summed E-state index contributed by atoms with van der Waals surface area (Å²) in [7, 11) is 1.63. The van der Waals surface area contributed by atoms with Crippen LogP contribution in [0, 0.1) is 0 Å². The molecule has 2 amide bonds. The van der Waals surface area contributed by atoms with Gasteiger partial charge in [-0.05, 0) is 18.2 Å². The molecule has 0 saturated carbocycles. The van der Waals surface area contributed by atoms with E-state index >= 15 is 0 Å². The maximum Gasteiger partial charge on any atom is 0.416 e. The van der Waals surface area contributed by atoms with Crippen molar-refractivity contribution < 1.29 is 23.8 Å². The number of cyclic esters (lactones) is 1. The highest BCUT2D eigenvalue weighted by molar-refractivity contribution is 5.95. The molecule has 2 N–H and O–H groups in total. The van der Waals surface area contributed by atoms with Crippen molar-refractivity contribution in [2.45, 2.75) is 6.10 Å². The third kappa shape index (κ3) is 4.32. The smallest absolute Gasteiger partial charge is 0.416 e. The zero-order valence-electron chi connectivity index (χ0n) is 18.2. The zero-order valence-corrected chi connectivity index (χ0v) is 18.2. The topological polar surface area (TPSA) is 150 Å². The Morgan fingerprint density at radius 2 is 2.09 bits per heavy atom. The molecule has 34 heavy (non-hydrogen) atoms. The highest BCUT2D eigenvalue weighted by Crippen LogP contribution is 2.29. The van der Waals surface area contributed by atoms with E-state index < -0.39 is 6.09 Å². The van der Waals surface area contributed by atoms with Crippen LogP contribution >= 0.6 is 0 Å². The van der Waals surface area contributed by atoms with Crippen LogP contribution in [0.5, 0.6) is 11.6 Å². The first-order valence-electron chi connectivity index (χ1n) is 10.6. The number of hydrogen-bond acceptors (Lipinski definition) is 10. The summed E-state index contributed by atoms with van der Waals surface area (Å²) in [6.45, 7) is 1.43. The predicted octanol–water partition coefficient (Wildman–Crippen LogP) is 0.0482. The van der Waals surface area contributed by atoms with Crippen molar-refractivity contribution >= 4 is 34.8 Å². The van der Waals surface area contributed by atoms with Gasteiger partial charge in [-0.2, -0.15) is 4.98 Å². The van der Waals surface area contributed by atoms with Gasteiger partial charge in [-0.15, -0.1) is 0 Å². The summed E-state index contributed by atoms with van der Waals surface area (Å²) in [5.74, 6) is 1.10. The summed E-state index contributed by atoms with van der Waals surface area (Å²) in [6.07, 6.45) is 0.601. The third-order valence-corrected chi connectivity index (χ3v) is 5.30. The van der Waals surface area contributed by atoms with Gasteiger partial charge in [0, 0.05) is 26.2 Å². The number of carbonyl (C=O) groups excluding carboxylic acids is 2. The van der Waals surface area contributed by atoms with Crippen LogP contribution in [0.1, 0.15) is 0 Å². The average Bonchev–Trinajstić information content (AvgIpc) is 3.21. The highest BCUT2D eigenvalue weighted by Gasteiger charge is 2.33. The van der Waals surface area contributed by atoms with E-state index in [0.29, 0.717) is 54.9 Å². The summed E-state index contributed by atoms with van der Waals surface area (Å²) in [6, 6.07) is 6.35. The number of aromatic nitrogens is 4. The molecule has 13 nitrogen and oxygen atoms in total. The summed E-state index contributed by atoms with van der Waals surface area (Å²) < 4.78 is 17.7. The van der Waals surface area contributed by atoms with E-state index in [1.165, 1.54) is 21.7 Å². The number of nitrogens with zero attached hydrogens (tertiary/aromatic N) is 5. The van der Waals surface area contributed by atoms with Gasteiger partial charge in [-0.3, -0.25) is 19.1 Å². The van der Waals surface area contributed by atoms with E-state index in [2.05, 4.69) is 25.6 Å². The van der Waals surface area contributed by atoms with Crippen molar-refractivity contribution in [1.82, 2.24) is 24.8 Å². The molecule has 2 aliphatic rings. The molecule has 3 aromatic rings. The molecule has 0 unspecified atom stereocenters. The largest absolute Gasteiger partial charge is 0.480 e. The van der Waals surface area contributed by atoms with Crippen LogP contribution < -0.4 is 30.6 Å². The lowest BCUT2D eigenvalue weighted by Crippen LogP contribution is -2.33. The standard InChI is InChI=1S/C21H21N7O6/c1-27-18(30)5-2-13-20(27)26-17(9-23-13)32-7-6-22-8-12-10-28(21(31)34-12)15-4-3-14-19(24-15)25-16(29)11-33-14/h2-5,9,12,22H,6-8,10-11H2,1H3,(H,24,25,29)/t12-/m1/s1. The molecule has 0 bridgehead atoms. The van der Waals surface area contributed by atoms with Crippen molar-refractivity contribution in [3.63, 3.8) is 0 Å². The lowest BCUT2D eigenvalue weighted by atomic mass is 10.3. The number of rotatable bonds is 7. The van der Waals surface area contributed by atoms with Crippen molar-refractivity contribution in [3.8, 4) is 11.6 Å². The van der Waals surface area contributed by atoms with Crippen LogP contribution in [0.25, 0.3) is 11.2 Å². The minimum Gasteiger partial charge on any atom is -0.480 e. The monoisotopic (exact) mass is 467 g/mol. The Morgan fingerprint density at radius 1 is 1.21 bits per heavy atom. The van der Waals surface area contributed by atoms with Gasteiger partial charge in [0.2, 0.25) is 5.88 Å². The molecular formula is C21H21N7O6. The van der Waals surface area contributed by atoms with E-state index in [-0.39, 0.29) is 30.0 Å². The normalized spacial score (nSPS) is 17.2. The molecular weight excluding hydrogens is 446 g/mol. The molecule has 5 rings (SSSR count). The highest BCUT2D eigenvalue weighted by atomic mass is 16.6. The van der Waals surface area contributed by atoms with Crippen LogP contribution in [0.2, 0.25) is 0 Å². The third-order valence-electron chi connectivity index (χ3n) is 5.30. The second-order valence-corrected chi connectivity index (χ2v) is 7.67. The number of nitrogens with one attached hydrogen (secondary N) is 2. The van der Waals surface area contributed by atoms with Gasteiger partial charge >= 0.3 is 6.09 Å². The number of carbonyl (C=O) groups is 2. The average molecular weight is 467 g/mol. The lowest BCUT2D eigenvalue weighted by Gasteiger charge is -2.19. The second kappa shape index (κ2) is 8.94. The number of ether oxygens (including phenoxy) is 3. The van der Waals surface area contributed by atoms with Crippen molar-refractivity contribution in [2.75, 3.05) is 43.1 Å². The Balaban J connectivity index is 1.11. The Kier molecular flexibility index (Phi) is 5.67. The van der Waals surface area contributed by atoms with Crippen LogP contribution in [-0.2, 0) is 16.6 Å². The molecule has 0 aliphatic carbocycles. The van der Waals surface area contributed by atoms with E-state index in [4.69, 9.17) is 14.2 Å². The first-order chi connectivity index (χ1) is 16.5. The minimum atomic E-state index is -0.518. The molecule has 3 aromatic heterocycles. The fourth-order valence-electron chi connectivity index (χ4n) is 3.58. The fraction of sp³-hybridized carbons (Fsp3) is 0.333. The first kappa shape index (κ1) is 21.6. The fourth-order valence-corrected chi connectivity index (χ4v) is 3.58. The van der Waals surface area contributed by atoms with Gasteiger partial charge in [0.25, 0.3) is 11.5 Å². The van der Waals surface area contributed by atoms with Crippen LogP contribution in [0.4, 0.5) is 16.4 Å². The summed E-state index contributed by atoms with van der Waals surface area (Å²) in [5.41, 5.74) is 0.866. The van der Waals surface area contributed by atoms with Gasteiger partial charge in [0.1, 0.15) is 24.0 Å². The van der Waals surface area contributed by atoms with Gasteiger partial charge < -0.3 is 24.8 Å². The van der Waals surface area contributed by atoms with Crippen molar-refractivity contribution in [1.29, 1.82) is 0 Å². The number of hydrogen-bond donors (Lipinski definition) is 2. The quantitative estimate of drug-likeness (QED) is 0.456. The number of fused-ring (bicyclic) bond motifs is 2. The molecule has 0 aromatic carbocycles. The Morgan fingerprint density at radius 3 is 2.97 bits per heavy atom. The maximum atomic E-state index is 12.3. The van der Waals surface area contributed by atoms with Crippen molar-refractivity contribution in [3.05, 3.63) is 40.8 Å². The number of amides is 2. The van der Waals surface area contributed by atoms with E-state index in [1.807, 2.05) is 0 Å². The van der Waals surface area contributed by atoms with Gasteiger partial charge in [-0.25, -0.2) is 14.8 Å². The van der Waals surface area contributed by atoms with Gasteiger partial charge in [0.15, 0.2) is 23.8 Å². The van der Waals surface area contributed by atoms with E-state index in [9.17, 15) is 14.4 Å². The summed E-state index contributed by atoms with van der Waals surface area (Å²) in [4.78, 5) is 49.9. The first-order valence-corrected chi connectivity index (χ1v) is 10.6. The number of aryl methyl sites for hydroxylation is 1. The molecule has 1 fully saturated rings. The summed E-state index contributed by atoms with van der Waals surface area (Å²) in [5, 5.41) is 5.79. The van der Waals surface area contributed by atoms with Crippen molar-refractivity contribution in [2.24, 2.45) is 7.05 Å². The molecule has 0 spiro atoms.